The van der Waals surface area contributed by atoms with Crippen molar-refractivity contribution in [2.45, 2.75) is 12.5 Å². The highest BCUT2D eigenvalue weighted by Crippen LogP contribution is 2.42. The first-order valence-corrected chi connectivity index (χ1v) is 5.78. The molecule has 7 heteroatoms. The molecule has 0 radical (unpaired) electrons. The van der Waals surface area contributed by atoms with Gasteiger partial charge in [0.05, 0.1) is 30.7 Å². The molecule has 3 N–H and O–H groups in total. The van der Waals surface area contributed by atoms with Gasteiger partial charge >= 0.3 is 5.97 Å². The maximum absolute atomic E-state index is 13.9. The third-order valence-corrected chi connectivity index (χ3v) is 2.94. The van der Waals surface area contributed by atoms with E-state index in [9.17, 15) is 9.18 Å². The van der Waals surface area contributed by atoms with Crippen LogP contribution in [0.4, 0.5) is 4.39 Å². The molecule has 1 atom stereocenters. The monoisotopic (exact) mass is 321 g/mol. The van der Waals surface area contributed by atoms with Gasteiger partial charge in [-0.15, -0.1) is 0 Å². The number of rotatable bonds is 5. The number of halogens is 2. The summed E-state index contributed by atoms with van der Waals surface area (Å²) in [6, 6.07) is 0.151. The van der Waals surface area contributed by atoms with Crippen LogP contribution in [0.25, 0.3) is 0 Å². The van der Waals surface area contributed by atoms with Crippen molar-refractivity contribution in [2.24, 2.45) is 5.73 Å². The number of carbonyl (C=O) groups is 1. The van der Waals surface area contributed by atoms with Gasteiger partial charge in [-0.05, 0) is 22.0 Å². The summed E-state index contributed by atoms with van der Waals surface area (Å²) in [5, 5.41) is 8.70. The first-order valence-electron chi connectivity index (χ1n) is 4.99. The number of carboxylic acid groups (broad SMARTS) is 1. The zero-order valence-corrected chi connectivity index (χ0v) is 11.5. The predicted molar refractivity (Wildman–Crippen MR) is 66.4 cm³/mol. The van der Waals surface area contributed by atoms with Crippen LogP contribution < -0.4 is 15.2 Å². The number of aliphatic carboxylic acids is 1. The summed E-state index contributed by atoms with van der Waals surface area (Å²) in [5.74, 6) is -1.40. The highest BCUT2D eigenvalue weighted by Gasteiger charge is 2.25. The van der Waals surface area contributed by atoms with E-state index >= 15 is 0 Å². The van der Waals surface area contributed by atoms with Crippen LogP contribution in [0.2, 0.25) is 0 Å². The van der Waals surface area contributed by atoms with Crippen molar-refractivity contribution < 1.29 is 23.8 Å². The summed E-state index contributed by atoms with van der Waals surface area (Å²) >= 11 is 3.13. The van der Waals surface area contributed by atoms with E-state index in [0.29, 0.717) is 4.47 Å². The molecule has 0 spiro atoms. The molecule has 0 heterocycles. The number of carboxylic acids is 1. The molecule has 0 fully saturated rings. The summed E-state index contributed by atoms with van der Waals surface area (Å²) < 4.78 is 24.4. The molecule has 0 bridgehead atoms. The fourth-order valence-electron chi connectivity index (χ4n) is 1.62. The third-order valence-electron chi connectivity index (χ3n) is 2.35. The topological polar surface area (TPSA) is 81.8 Å². The zero-order valence-electron chi connectivity index (χ0n) is 9.87. The lowest BCUT2D eigenvalue weighted by Crippen LogP contribution is -2.18. The van der Waals surface area contributed by atoms with Gasteiger partial charge in [-0.25, -0.2) is 4.39 Å². The normalized spacial score (nSPS) is 12.1. The molecule has 0 aromatic heterocycles. The Hall–Kier alpha value is -1.34. The van der Waals surface area contributed by atoms with Crippen LogP contribution in [0.1, 0.15) is 18.0 Å². The molecule has 5 nitrogen and oxygen atoms in total. The molecular weight excluding hydrogens is 309 g/mol. The predicted octanol–water partition coefficient (Wildman–Crippen LogP) is 2.08. The van der Waals surface area contributed by atoms with Crippen LogP contribution in [0.5, 0.6) is 11.5 Å². The molecule has 1 unspecified atom stereocenters. The Kier molecular flexibility index (Phi) is 4.92. The molecule has 18 heavy (non-hydrogen) atoms. The molecule has 0 aliphatic rings. The first kappa shape index (κ1) is 14.7. The van der Waals surface area contributed by atoms with Gasteiger partial charge in [0, 0.05) is 6.04 Å². The second-order valence-electron chi connectivity index (χ2n) is 3.52. The summed E-state index contributed by atoms with van der Waals surface area (Å²) in [7, 11) is 2.73. The highest BCUT2D eigenvalue weighted by atomic mass is 79.9. The minimum Gasteiger partial charge on any atom is -0.492 e. The Morgan fingerprint density at radius 1 is 1.50 bits per heavy atom. The number of nitrogens with two attached hydrogens (primary N) is 1. The van der Waals surface area contributed by atoms with E-state index in [1.54, 1.807) is 0 Å². The van der Waals surface area contributed by atoms with Gasteiger partial charge < -0.3 is 20.3 Å². The summed E-state index contributed by atoms with van der Waals surface area (Å²) in [4.78, 5) is 10.6. The van der Waals surface area contributed by atoms with Crippen molar-refractivity contribution in [3.63, 3.8) is 0 Å². The van der Waals surface area contributed by atoms with Gasteiger partial charge in [0.25, 0.3) is 0 Å². The van der Waals surface area contributed by atoms with E-state index in [2.05, 4.69) is 15.9 Å². The van der Waals surface area contributed by atoms with Gasteiger partial charge in [0.1, 0.15) is 5.82 Å². The maximum atomic E-state index is 13.9. The van der Waals surface area contributed by atoms with E-state index in [4.69, 9.17) is 20.3 Å². The number of ether oxygens (including phenoxy) is 2. The highest BCUT2D eigenvalue weighted by molar-refractivity contribution is 9.10. The van der Waals surface area contributed by atoms with E-state index in [0.717, 1.165) is 0 Å². The van der Waals surface area contributed by atoms with Gasteiger partial charge in [0.15, 0.2) is 11.5 Å². The van der Waals surface area contributed by atoms with Gasteiger partial charge in [-0.3, -0.25) is 4.79 Å². The van der Waals surface area contributed by atoms with E-state index < -0.39 is 24.2 Å². The second-order valence-corrected chi connectivity index (χ2v) is 4.38. The summed E-state index contributed by atoms with van der Waals surface area (Å²) in [6.45, 7) is 0. The van der Waals surface area contributed by atoms with Crippen molar-refractivity contribution in [1.82, 2.24) is 0 Å². The largest absolute Gasteiger partial charge is 0.492 e. The second kappa shape index (κ2) is 6.01. The van der Waals surface area contributed by atoms with Crippen molar-refractivity contribution in [2.75, 3.05) is 14.2 Å². The van der Waals surface area contributed by atoms with Crippen LogP contribution >= 0.6 is 15.9 Å². The zero-order chi connectivity index (χ0) is 13.9. The van der Waals surface area contributed by atoms with Crippen LogP contribution in [0.3, 0.4) is 0 Å². The Balaban J connectivity index is 3.37. The van der Waals surface area contributed by atoms with E-state index in [1.807, 2.05) is 0 Å². The molecule has 0 saturated heterocycles. The quantitative estimate of drug-likeness (QED) is 0.867. The smallest absolute Gasteiger partial charge is 0.305 e. The average Bonchev–Trinajstić information content (AvgIpc) is 2.26. The van der Waals surface area contributed by atoms with Crippen molar-refractivity contribution >= 4 is 21.9 Å². The number of methoxy groups -OCH3 is 2. The summed E-state index contributed by atoms with van der Waals surface area (Å²) in [6.07, 6.45) is -0.405. The SMILES string of the molecule is COc1c(Br)cc(F)c(C(N)CC(=O)O)c1OC. The molecule has 1 aromatic carbocycles. The number of benzene rings is 1. The maximum Gasteiger partial charge on any atom is 0.305 e. The van der Waals surface area contributed by atoms with E-state index in [1.165, 1.54) is 20.3 Å². The first-order chi connectivity index (χ1) is 8.42. The fourth-order valence-corrected chi connectivity index (χ4v) is 2.17. The van der Waals surface area contributed by atoms with Crippen molar-refractivity contribution in [1.29, 1.82) is 0 Å². The molecule has 0 amide bonds. The molecule has 0 aliphatic heterocycles. The standard InChI is InChI=1S/C11H13BrFNO4/c1-17-10-5(12)3-6(13)9(11(10)18-2)7(14)4-8(15)16/h3,7H,4,14H2,1-2H3,(H,15,16). The fraction of sp³-hybridized carbons (Fsp3) is 0.364. The molecular formula is C11H13BrFNO4. The lowest BCUT2D eigenvalue weighted by Gasteiger charge is -2.18. The Labute approximate surface area is 112 Å². The molecule has 1 aromatic rings. The summed E-state index contributed by atoms with van der Waals surface area (Å²) in [5.41, 5.74) is 5.66. The van der Waals surface area contributed by atoms with E-state index in [-0.39, 0.29) is 17.1 Å². The van der Waals surface area contributed by atoms with Crippen LogP contribution in [0.15, 0.2) is 10.5 Å². The lowest BCUT2D eigenvalue weighted by atomic mass is 10.0. The van der Waals surface area contributed by atoms with Crippen molar-refractivity contribution in [3.8, 4) is 11.5 Å². The molecule has 0 saturated carbocycles. The average molecular weight is 322 g/mol. The molecule has 0 aliphatic carbocycles. The van der Waals surface area contributed by atoms with Gasteiger partial charge in [0.2, 0.25) is 0 Å². The van der Waals surface area contributed by atoms with Crippen LogP contribution in [-0.4, -0.2) is 25.3 Å². The van der Waals surface area contributed by atoms with Crippen molar-refractivity contribution in [3.05, 3.63) is 21.9 Å². The molecule has 100 valence electrons. The van der Waals surface area contributed by atoms with Crippen LogP contribution in [-0.2, 0) is 4.79 Å². The third kappa shape index (κ3) is 2.91. The Bertz CT molecular complexity index is 467. The Morgan fingerprint density at radius 3 is 2.50 bits per heavy atom. The Morgan fingerprint density at radius 2 is 2.06 bits per heavy atom. The number of hydrogen-bond acceptors (Lipinski definition) is 4. The lowest BCUT2D eigenvalue weighted by molar-refractivity contribution is -0.137. The molecule has 1 rings (SSSR count). The van der Waals surface area contributed by atoms with Gasteiger partial charge in [-0.2, -0.15) is 0 Å². The van der Waals surface area contributed by atoms with Crippen LogP contribution in [0, 0.1) is 5.82 Å². The van der Waals surface area contributed by atoms with Gasteiger partial charge in [-0.1, -0.05) is 0 Å². The number of hydrogen-bond donors (Lipinski definition) is 2. The minimum absolute atomic E-state index is 0.0139. The minimum atomic E-state index is -1.12.